The summed E-state index contributed by atoms with van der Waals surface area (Å²) in [5, 5.41) is 7.19. The fourth-order valence-corrected chi connectivity index (χ4v) is 7.04. The van der Waals surface area contributed by atoms with Gasteiger partial charge in [0.25, 0.3) is 0 Å². The molecule has 0 aliphatic heterocycles. The maximum Gasteiger partial charge on any atom is 0.0979 e. The molecule has 0 atom stereocenters. The molecule has 0 amide bonds. The van der Waals surface area contributed by atoms with E-state index in [1.165, 1.54) is 43.7 Å². The van der Waals surface area contributed by atoms with E-state index >= 15 is 0 Å². The lowest BCUT2D eigenvalue weighted by Crippen LogP contribution is -1.95. The number of rotatable bonds is 3. The fraction of sp³-hybridized carbons (Fsp3) is 0.0476. The summed E-state index contributed by atoms with van der Waals surface area (Å²) in [6, 6.07) is 48.0. The Labute approximate surface area is 261 Å². The minimum absolute atomic E-state index is 0.875. The summed E-state index contributed by atoms with van der Waals surface area (Å²) >= 11 is 0. The van der Waals surface area contributed by atoms with Crippen LogP contribution >= 0.6 is 0 Å². The highest BCUT2D eigenvalue weighted by Gasteiger charge is 2.17. The average Bonchev–Trinajstić information content (AvgIpc) is 3.42. The van der Waals surface area contributed by atoms with Crippen LogP contribution in [-0.4, -0.2) is 14.5 Å². The normalized spacial score (nSPS) is 11.8. The minimum Gasteiger partial charge on any atom is -0.309 e. The van der Waals surface area contributed by atoms with Gasteiger partial charge < -0.3 is 4.57 Å². The molecule has 0 aliphatic rings. The minimum atomic E-state index is 0.875. The third-order valence-corrected chi connectivity index (χ3v) is 9.12. The first kappa shape index (κ1) is 25.7. The van der Waals surface area contributed by atoms with E-state index < -0.39 is 0 Å². The topological polar surface area (TPSA) is 30.7 Å². The van der Waals surface area contributed by atoms with Gasteiger partial charge in [-0.05, 0) is 78.2 Å². The summed E-state index contributed by atoms with van der Waals surface area (Å²) in [7, 11) is 0. The van der Waals surface area contributed by atoms with Crippen molar-refractivity contribution in [1.82, 2.24) is 14.5 Å². The molecule has 2 heterocycles. The molecule has 7 aromatic carbocycles. The molecule has 3 heteroatoms. The second-order valence-electron chi connectivity index (χ2n) is 12.0. The van der Waals surface area contributed by atoms with Crippen molar-refractivity contribution in [2.45, 2.75) is 13.8 Å². The molecule has 0 saturated carbocycles. The number of nitrogens with zero attached hydrogens (tertiary/aromatic N) is 3. The lowest BCUT2D eigenvalue weighted by molar-refractivity contribution is 1.18. The van der Waals surface area contributed by atoms with Gasteiger partial charge in [-0.1, -0.05) is 102 Å². The summed E-state index contributed by atoms with van der Waals surface area (Å²) in [6.45, 7) is 4.28. The van der Waals surface area contributed by atoms with Crippen molar-refractivity contribution in [2.24, 2.45) is 0 Å². The number of hydrogen-bond donors (Lipinski definition) is 0. The molecule has 0 fully saturated rings. The summed E-state index contributed by atoms with van der Waals surface area (Å²) in [5.74, 6) is 0. The molecule has 2 aromatic heterocycles. The lowest BCUT2D eigenvalue weighted by Gasteiger charge is -2.14. The van der Waals surface area contributed by atoms with E-state index in [4.69, 9.17) is 9.97 Å². The Bertz CT molecular complexity index is 2610. The highest BCUT2D eigenvalue weighted by atomic mass is 15.0. The SMILES string of the molecule is Cc1ccc2c3ccc(C)cc3c3nc(-c4ccccc4-c4ccc5c(c4)c4ccccc4n5-c4ccccc4)cnc3c2c1. The van der Waals surface area contributed by atoms with Crippen molar-refractivity contribution in [3.8, 4) is 28.1 Å². The van der Waals surface area contributed by atoms with Crippen molar-refractivity contribution in [1.29, 1.82) is 0 Å². The second-order valence-corrected chi connectivity index (χ2v) is 12.0. The van der Waals surface area contributed by atoms with E-state index in [0.29, 0.717) is 0 Å². The van der Waals surface area contributed by atoms with Crippen LogP contribution in [0.25, 0.3) is 82.5 Å². The molecular weight excluding hydrogens is 546 g/mol. The van der Waals surface area contributed by atoms with Crippen molar-refractivity contribution in [3.63, 3.8) is 0 Å². The van der Waals surface area contributed by atoms with Gasteiger partial charge in [-0.3, -0.25) is 4.98 Å². The summed E-state index contributed by atoms with van der Waals surface area (Å²) in [5.41, 5.74) is 12.1. The zero-order valence-corrected chi connectivity index (χ0v) is 25.1. The number of hydrogen-bond acceptors (Lipinski definition) is 2. The van der Waals surface area contributed by atoms with Gasteiger partial charge in [0, 0.05) is 32.8 Å². The van der Waals surface area contributed by atoms with E-state index in [2.05, 4.69) is 152 Å². The van der Waals surface area contributed by atoms with Crippen LogP contribution in [0.5, 0.6) is 0 Å². The molecule has 0 N–H and O–H groups in total. The maximum absolute atomic E-state index is 5.37. The first-order chi connectivity index (χ1) is 22.1. The van der Waals surface area contributed by atoms with Gasteiger partial charge >= 0.3 is 0 Å². The highest BCUT2D eigenvalue weighted by molar-refractivity contribution is 6.23. The number of aryl methyl sites for hydroxylation is 2. The Balaban J connectivity index is 1.28. The van der Waals surface area contributed by atoms with E-state index in [0.717, 1.165) is 49.9 Å². The standard InChI is InChI=1S/C42H29N3/c1-26-16-19-31-32-20-17-27(2)23-37(32)42-41(36(31)22-26)43-25-38(44-42)33-13-7-6-12-30(33)28-18-21-40-35(24-28)34-14-8-9-15-39(34)45(40)29-10-4-3-5-11-29/h3-25H,1-2H3. The van der Waals surface area contributed by atoms with Gasteiger partial charge in [0.05, 0.1) is 34.0 Å². The van der Waals surface area contributed by atoms with E-state index in [1.807, 2.05) is 6.20 Å². The lowest BCUT2D eigenvalue weighted by atomic mass is 9.95. The second kappa shape index (κ2) is 9.87. The van der Waals surface area contributed by atoms with Crippen LogP contribution in [0, 0.1) is 13.8 Å². The van der Waals surface area contributed by atoms with Crippen molar-refractivity contribution >= 4 is 54.4 Å². The molecular formula is C42H29N3. The zero-order chi connectivity index (χ0) is 30.1. The van der Waals surface area contributed by atoms with Crippen molar-refractivity contribution < 1.29 is 0 Å². The van der Waals surface area contributed by atoms with Gasteiger partial charge in [-0.25, -0.2) is 4.98 Å². The van der Waals surface area contributed by atoms with Gasteiger partial charge in [-0.15, -0.1) is 0 Å². The molecule has 212 valence electrons. The van der Waals surface area contributed by atoms with Gasteiger partial charge in [0.15, 0.2) is 0 Å². The third-order valence-electron chi connectivity index (χ3n) is 9.12. The number of benzene rings is 7. The Morgan fingerprint density at radius 1 is 0.467 bits per heavy atom. The quantitative estimate of drug-likeness (QED) is 0.196. The Kier molecular flexibility index (Phi) is 5.63. The molecule has 45 heavy (non-hydrogen) atoms. The third kappa shape index (κ3) is 3.98. The maximum atomic E-state index is 5.37. The predicted octanol–water partition coefficient (Wildman–Crippen LogP) is 11.0. The first-order valence-corrected chi connectivity index (χ1v) is 15.4. The average molecular weight is 576 g/mol. The Morgan fingerprint density at radius 2 is 1.11 bits per heavy atom. The predicted molar refractivity (Wildman–Crippen MR) is 189 cm³/mol. The molecule has 0 unspecified atom stereocenters. The molecule has 0 bridgehead atoms. The molecule has 3 nitrogen and oxygen atoms in total. The molecule has 0 radical (unpaired) electrons. The van der Waals surface area contributed by atoms with Crippen molar-refractivity contribution in [3.05, 3.63) is 151 Å². The highest BCUT2D eigenvalue weighted by Crippen LogP contribution is 2.39. The van der Waals surface area contributed by atoms with E-state index in [1.54, 1.807) is 0 Å². The van der Waals surface area contributed by atoms with Crippen LogP contribution in [-0.2, 0) is 0 Å². The molecule has 9 rings (SSSR count). The smallest absolute Gasteiger partial charge is 0.0979 e. The number of fused-ring (bicyclic) bond motifs is 9. The fourth-order valence-electron chi connectivity index (χ4n) is 7.04. The van der Waals surface area contributed by atoms with E-state index in [-0.39, 0.29) is 0 Å². The van der Waals surface area contributed by atoms with Crippen LogP contribution in [0.4, 0.5) is 0 Å². The number of aromatic nitrogens is 3. The summed E-state index contributed by atoms with van der Waals surface area (Å²) in [4.78, 5) is 10.5. The van der Waals surface area contributed by atoms with Crippen LogP contribution in [0.1, 0.15) is 11.1 Å². The summed E-state index contributed by atoms with van der Waals surface area (Å²) in [6.07, 6.45) is 1.95. The van der Waals surface area contributed by atoms with Crippen LogP contribution in [0.3, 0.4) is 0 Å². The number of para-hydroxylation sites is 2. The first-order valence-electron chi connectivity index (χ1n) is 15.4. The van der Waals surface area contributed by atoms with Crippen LogP contribution in [0.15, 0.2) is 140 Å². The van der Waals surface area contributed by atoms with Crippen LogP contribution < -0.4 is 0 Å². The van der Waals surface area contributed by atoms with E-state index in [9.17, 15) is 0 Å². The van der Waals surface area contributed by atoms with Gasteiger partial charge in [0.1, 0.15) is 0 Å². The molecule has 0 aliphatic carbocycles. The molecule has 0 spiro atoms. The monoisotopic (exact) mass is 575 g/mol. The Morgan fingerprint density at radius 3 is 1.89 bits per heavy atom. The van der Waals surface area contributed by atoms with Crippen LogP contribution in [0.2, 0.25) is 0 Å². The largest absolute Gasteiger partial charge is 0.309 e. The molecule has 0 saturated heterocycles. The zero-order valence-electron chi connectivity index (χ0n) is 25.1. The van der Waals surface area contributed by atoms with Gasteiger partial charge in [0.2, 0.25) is 0 Å². The van der Waals surface area contributed by atoms with Crippen molar-refractivity contribution in [2.75, 3.05) is 0 Å². The molecule has 9 aromatic rings. The van der Waals surface area contributed by atoms with Gasteiger partial charge in [-0.2, -0.15) is 0 Å². The Hall–Kier alpha value is -5.80. The summed E-state index contributed by atoms with van der Waals surface area (Å²) < 4.78 is 2.36.